The minimum absolute atomic E-state index is 0.0647. The Morgan fingerprint density at radius 3 is 2.35 bits per heavy atom. The Kier molecular flexibility index (Phi) is 2.80. The normalized spacial score (nSPS) is 9.94. The van der Waals surface area contributed by atoms with E-state index in [-0.39, 0.29) is 5.78 Å². The van der Waals surface area contributed by atoms with Gasteiger partial charge in [0.1, 0.15) is 0 Å². The summed E-state index contributed by atoms with van der Waals surface area (Å²) in [7, 11) is 0. The van der Waals surface area contributed by atoms with Gasteiger partial charge in [0.05, 0.1) is 11.6 Å². The molecule has 0 fully saturated rings. The lowest BCUT2D eigenvalue weighted by Crippen LogP contribution is -1.99. The number of nitriles is 1. The minimum atomic E-state index is 0.0647. The maximum absolute atomic E-state index is 11.4. The van der Waals surface area contributed by atoms with Gasteiger partial charge in [0.15, 0.2) is 5.78 Å². The number of benzene rings is 1. The SMILES string of the molecule is CC(=O)c1ccn(-c2ccc(C#N)cc2)c1C. The first-order valence-corrected chi connectivity index (χ1v) is 5.33. The van der Waals surface area contributed by atoms with Gasteiger partial charge in [-0.05, 0) is 44.2 Å². The molecule has 0 saturated carbocycles. The number of rotatable bonds is 2. The second kappa shape index (κ2) is 4.26. The van der Waals surface area contributed by atoms with Crippen LogP contribution in [0, 0.1) is 18.3 Å². The summed E-state index contributed by atoms with van der Waals surface area (Å²) >= 11 is 0. The standard InChI is InChI=1S/C14H12N2O/c1-10-14(11(2)17)7-8-16(10)13-5-3-12(9-15)4-6-13/h3-8H,1-2H3. The van der Waals surface area contributed by atoms with Crippen molar-refractivity contribution < 1.29 is 4.79 Å². The van der Waals surface area contributed by atoms with E-state index in [0.717, 1.165) is 16.9 Å². The zero-order valence-corrected chi connectivity index (χ0v) is 9.77. The molecule has 0 amide bonds. The Hall–Kier alpha value is -2.34. The second-order valence-corrected chi connectivity index (χ2v) is 3.90. The maximum Gasteiger partial charge on any atom is 0.161 e. The van der Waals surface area contributed by atoms with Crippen molar-refractivity contribution in [2.24, 2.45) is 0 Å². The summed E-state index contributed by atoms with van der Waals surface area (Å²) in [6.07, 6.45) is 1.87. The van der Waals surface area contributed by atoms with Crippen LogP contribution in [0.4, 0.5) is 0 Å². The molecule has 0 radical (unpaired) electrons. The van der Waals surface area contributed by atoms with Crippen molar-refractivity contribution in [1.82, 2.24) is 4.57 Å². The average Bonchev–Trinajstić information content (AvgIpc) is 2.71. The number of aromatic nitrogens is 1. The zero-order chi connectivity index (χ0) is 12.4. The van der Waals surface area contributed by atoms with E-state index in [0.29, 0.717) is 5.56 Å². The molecule has 1 aromatic carbocycles. The van der Waals surface area contributed by atoms with Crippen molar-refractivity contribution in [3.63, 3.8) is 0 Å². The van der Waals surface area contributed by atoms with Crippen molar-refractivity contribution in [1.29, 1.82) is 5.26 Å². The zero-order valence-electron chi connectivity index (χ0n) is 9.77. The van der Waals surface area contributed by atoms with Crippen LogP contribution in [0.15, 0.2) is 36.5 Å². The molecule has 2 rings (SSSR count). The van der Waals surface area contributed by atoms with Gasteiger partial charge in [-0.1, -0.05) is 0 Å². The smallest absolute Gasteiger partial charge is 0.161 e. The van der Waals surface area contributed by atoms with Gasteiger partial charge in [-0.15, -0.1) is 0 Å². The Morgan fingerprint density at radius 1 is 1.24 bits per heavy atom. The van der Waals surface area contributed by atoms with Gasteiger partial charge in [-0.3, -0.25) is 4.79 Å². The summed E-state index contributed by atoms with van der Waals surface area (Å²) in [5, 5.41) is 8.73. The number of nitrogens with zero attached hydrogens (tertiary/aromatic N) is 2. The summed E-state index contributed by atoms with van der Waals surface area (Å²) in [6.45, 7) is 3.47. The van der Waals surface area contributed by atoms with E-state index < -0.39 is 0 Å². The molecule has 3 heteroatoms. The highest BCUT2D eigenvalue weighted by Crippen LogP contribution is 2.17. The summed E-state index contributed by atoms with van der Waals surface area (Å²) in [5.74, 6) is 0.0647. The Bertz CT molecular complexity index is 600. The first-order chi connectivity index (χ1) is 8.13. The molecule has 3 nitrogen and oxygen atoms in total. The molecule has 2 aromatic rings. The van der Waals surface area contributed by atoms with Crippen LogP contribution in [0.5, 0.6) is 0 Å². The van der Waals surface area contributed by atoms with E-state index in [4.69, 9.17) is 5.26 Å². The first-order valence-electron chi connectivity index (χ1n) is 5.33. The monoisotopic (exact) mass is 224 g/mol. The molecule has 0 aliphatic carbocycles. The van der Waals surface area contributed by atoms with Crippen LogP contribution in [0.2, 0.25) is 0 Å². The fourth-order valence-electron chi connectivity index (χ4n) is 1.86. The summed E-state index contributed by atoms with van der Waals surface area (Å²) in [5.41, 5.74) is 3.23. The molecule has 1 heterocycles. The van der Waals surface area contributed by atoms with Crippen LogP contribution in [0.1, 0.15) is 28.5 Å². The predicted molar refractivity (Wildman–Crippen MR) is 65.2 cm³/mol. The predicted octanol–water partition coefficient (Wildman–Crippen LogP) is 2.86. The van der Waals surface area contributed by atoms with Crippen molar-refractivity contribution in [2.45, 2.75) is 13.8 Å². The highest BCUT2D eigenvalue weighted by atomic mass is 16.1. The van der Waals surface area contributed by atoms with Crippen LogP contribution >= 0.6 is 0 Å². The van der Waals surface area contributed by atoms with Crippen LogP contribution in [-0.4, -0.2) is 10.4 Å². The Morgan fingerprint density at radius 2 is 1.88 bits per heavy atom. The van der Waals surface area contributed by atoms with Gasteiger partial charge in [0.2, 0.25) is 0 Å². The molecule has 0 atom stereocenters. The van der Waals surface area contributed by atoms with E-state index in [1.165, 1.54) is 0 Å². The molecule has 1 aromatic heterocycles. The number of Topliss-reactive ketones (excluding diaryl/α,β-unsaturated/α-hetero) is 1. The lowest BCUT2D eigenvalue weighted by molar-refractivity contribution is 0.101. The van der Waals surface area contributed by atoms with E-state index in [9.17, 15) is 4.79 Å². The Labute approximate surface area is 99.9 Å². The van der Waals surface area contributed by atoms with Crippen LogP contribution in [-0.2, 0) is 0 Å². The van der Waals surface area contributed by atoms with E-state index >= 15 is 0 Å². The molecule has 0 bridgehead atoms. The number of carbonyl (C=O) groups excluding carboxylic acids is 1. The summed E-state index contributed by atoms with van der Waals surface area (Å²) in [4.78, 5) is 11.4. The third kappa shape index (κ3) is 1.98. The maximum atomic E-state index is 11.4. The third-order valence-electron chi connectivity index (χ3n) is 2.80. The fourth-order valence-corrected chi connectivity index (χ4v) is 1.86. The molecule has 0 unspecified atom stereocenters. The van der Waals surface area contributed by atoms with Gasteiger partial charge < -0.3 is 4.57 Å². The second-order valence-electron chi connectivity index (χ2n) is 3.90. The average molecular weight is 224 g/mol. The number of hydrogen-bond acceptors (Lipinski definition) is 2. The molecular weight excluding hydrogens is 212 g/mol. The molecule has 0 aliphatic heterocycles. The number of carbonyl (C=O) groups is 1. The molecule has 0 aliphatic rings. The quantitative estimate of drug-likeness (QED) is 0.736. The lowest BCUT2D eigenvalue weighted by Gasteiger charge is -2.06. The Balaban J connectivity index is 2.47. The number of ketones is 1. The summed E-state index contributed by atoms with van der Waals surface area (Å²) < 4.78 is 1.94. The van der Waals surface area contributed by atoms with E-state index in [1.54, 1.807) is 19.1 Å². The third-order valence-corrected chi connectivity index (χ3v) is 2.80. The minimum Gasteiger partial charge on any atom is -0.320 e. The van der Waals surface area contributed by atoms with E-state index in [2.05, 4.69) is 6.07 Å². The highest BCUT2D eigenvalue weighted by Gasteiger charge is 2.09. The van der Waals surface area contributed by atoms with Crippen LogP contribution in [0.3, 0.4) is 0 Å². The van der Waals surface area contributed by atoms with Crippen molar-refractivity contribution >= 4 is 5.78 Å². The number of hydrogen-bond donors (Lipinski definition) is 0. The molecule has 17 heavy (non-hydrogen) atoms. The first kappa shape index (κ1) is 11.2. The highest BCUT2D eigenvalue weighted by molar-refractivity contribution is 5.95. The molecule has 0 N–H and O–H groups in total. The van der Waals surface area contributed by atoms with E-state index in [1.807, 2.05) is 35.9 Å². The topological polar surface area (TPSA) is 45.8 Å². The van der Waals surface area contributed by atoms with Gasteiger partial charge in [-0.25, -0.2) is 0 Å². The molecular formula is C14H12N2O. The van der Waals surface area contributed by atoms with Crippen LogP contribution in [0.25, 0.3) is 5.69 Å². The largest absolute Gasteiger partial charge is 0.320 e. The van der Waals surface area contributed by atoms with Gasteiger partial charge in [0.25, 0.3) is 0 Å². The van der Waals surface area contributed by atoms with Crippen molar-refractivity contribution in [3.8, 4) is 11.8 Å². The summed E-state index contributed by atoms with van der Waals surface area (Å²) in [6, 6.07) is 11.2. The van der Waals surface area contributed by atoms with Crippen LogP contribution < -0.4 is 0 Å². The molecule has 84 valence electrons. The van der Waals surface area contributed by atoms with Gasteiger partial charge in [-0.2, -0.15) is 5.26 Å². The van der Waals surface area contributed by atoms with Gasteiger partial charge in [0, 0.05) is 23.1 Å². The molecule has 0 spiro atoms. The van der Waals surface area contributed by atoms with Crippen molar-refractivity contribution in [2.75, 3.05) is 0 Å². The lowest BCUT2D eigenvalue weighted by atomic mass is 10.2. The van der Waals surface area contributed by atoms with Gasteiger partial charge >= 0.3 is 0 Å². The fraction of sp³-hybridized carbons (Fsp3) is 0.143. The van der Waals surface area contributed by atoms with Crippen molar-refractivity contribution in [3.05, 3.63) is 53.3 Å². The molecule has 0 saturated heterocycles.